The zero-order valence-electron chi connectivity index (χ0n) is 18.8. The number of nitrogens with one attached hydrogen (secondary N) is 2. The predicted molar refractivity (Wildman–Crippen MR) is 133 cm³/mol. The summed E-state index contributed by atoms with van der Waals surface area (Å²) in [5.41, 5.74) is 2.65. The first-order chi connectivity index (χ1) is 16.5. The lowest BCUT2D eigenvalue weighted by atomic mass is 10.2. The first-order valence-electron chi connectivity index (χ1n) is 10.8. The SMILES string of the molecule is CC(C)C(=O)Nc1cccc(NC(=O)c2ccccc2SCc2nnnn2-c2ccccc2)c1. The van der Waals surface area contributed by atoms with Crippen LogP contribution in [0.15, 0.2) is 83.8 Å². The normalized spacial score (nSPS) is 10.8. The van der Waals surface area contributed by atoms with Crippen molar-refractivity contribution in [2.75, 3.05) is 10.6 Å². The molecule has 0 spiro atoms. The van der Waals surface area contributed by atoms with Gasteiger partial charge in [-0.25, -0.2) is 0 Å². The molecule has 8 nitrogen and oxygen atoms in total. The monoisotopic (exact) mass is 472 g/mol. The molecule has 0 saturated carbocycles. The highest BCUT2D eigenvalue weighted by atomic mass is 32.2. The molecule has 3 aromatic carbocycles. The summed E-state index contributed by atoms with van der Waals surface area (Å²) < 4.78 is 1.69. The molecular formula is C25H24N6O2S. The van der Waals surface area contributed by atoms with Crippen LogP contribution >= 0.6 is 11.8 Å². The Labute approximate surface area is 201 Å². The third kappa shape index (κ3) is 5.68. The minimum Gasteiger partial charge on any atom is -0.326 e. The summed E-state index contributed by atoms with van der Waals surface area (Å²) in [6.45, 7) is 3.65. The van der Waals surface area contributed by atoms with E-state index in [4.69, 9.17) is 0 Å². The molecule has 0 bridgehead atoms. The van der Waals surface area contributed by atoms with E-state index in [0.29, 0.717) is 28.5 Å². The van der Waals surface area contributed by atoms with Crippen molar-refractivity contribution >= 4 is 35.0 Å². The van der Waals surface area contributed by atoms with Crippen LogP contribution in [0.25, 0.3) is 5.69 Å². The lowest BCUT2D eigenvalue weighted by Gasteiger charge is -2.12. The van der Waals surface area contributed by atoms with E-state index in [2.05, 4.69) is 26.2 Å². The fraction of sp³-hybridized carbons (Fsp3) is 0.160. The molecule has 2 amide bonds. The molecule has 0 fully saturated rings. The molecule has 0 aliphatic rings. The van der Waals surface area contributed by atoms with Gasteiger partial charge in [-0.2, -0.15) is 4.68 Å². The number of carbonyl (C=O) groups excluding carboxylic acids is 2. The molecule has 0 saturated heterocycles. The summed E-state index contributed by atoms with van der Waals surface area (Å²) >= 11 is 1.49. The van der Waals surface area contributed by atoms with Gasteiger partial charge in [0.2, 0.25) is 5.91 Å². The Balaban J connectivity index is 1.47. The molecule has 34 heavy (non-hydrogen) atoms. The second-order valence-electron chi connectivity index (χ2n) is 7.81. The largest absolute Gasteiger partial charge is 0.326 e. The number of carbonyl (C=O) groups is 2. The minimum absolute atomic E-state index is 0.0805. The third-order valence-electron chi connectivity index (χ3n) is 4.94. The molecule has 172 valence electrons. The van der Waals surface area contributed by atoms with Crippen molar-refractivity contribution in [2.45, 2.75) is 24.5 Å². The summed E-state index contributed by atoms with van der Waals surface area (Å²) in [7, 11) is 0. The van der Waals surface area contributed by atoms with Crippen molar-refractivity contribution in [3.8, 4) is 5.69 Å². The van der Waals surface area contributed by atoms with Gasteiger partial charge in [0.25, 0.3) is 5.91 Å². The zero-order chi connectivity index (χ0) is 23.9. The van der Waals surface area contributed by atoms with Crippen molar-refractivity contribution in [1.82, 2.24) is 20.2 Å². The number of tetrazole rings is 1. The lowest BCUT2D eigenvalue weighted by molar-refractivity contribution is -0.118. The van der Waals surface area contributed by atoms with E-state index < -0.39 is 0 Å². The van der Waals surface area contributed by atoms with E-state index in [0.717, 1.165) is 10.6 Å². The first-order valence-corrected chi connectivity index (χ1v) is 11.8. The molecule has 1 aromatic heterocycles. The van der Waals surface area contributed by atoms with Crippen LogP contribution in [0.5, 0.6) is 0 Å². The van der Waals surface area contributed by atoms with E-state index in [1.807, 2.05) is 62.4 Å². The van der Waals surface area contributed by atoms with Gasteiger partial charge in [-0.3, -0.25) is 9.59 Å². The summed E-state index contributed by atoms with van der Waals surface area (Å²) in [5, 5.41) is 17.8. The van der Waals surface area contributed by atoms with Gasteiger partial charge in [0.15, 0.2) is 5.82 Å². The second kappa shape index (κ2) is 10.8. The quantitative estimate of drug-likeness (QED) is 0.357. The molecule has 0 aliphatic carbocycles. The van der Waals surface area contributed by atoms with E-state index in [-0.39, 0.29) is 17.7 Å². The van der Waals surface area contributed by atoms with E-state index in [9.17, 15) is 9.59 Å². The highest BCUT2D eigenvalue weighted by molar-refractivity contribution is 7.98. The van der Waals surface area contributed by atoms with Crippen molar-refractivity contribution < 1.29 is 9.59 Å². The van der Waals surface area contributed by atoms with Crippen LogP contribution in [0.4, 0.5) is 11.4 Å². The van der Waals surface area contributed by atoms with Crippen molar-refractivity contribution in [2.24, 2.45) is 5.92 Å². The maximum atomic E-state index is 13.1. The summed E-state index contributed by atoms with van der Waals surface area (Å²) in [4.78, 5) is 25.9. The van der Waals surface area contributed by atoms with E-state index in [1.165, 1.54) is 11.8 Å². The number of benzene rings is 3. The van der Waals surface area contributed by atoms with E-state index in [1.54, 1.807) is 35.0 Å². The van der Waals surface area contributed by atoms with Gasteiger partial charge >= 0.3 is 0 Å². The Hall–Kier alpha value is -3.98. The van der Waals surface area contributed by atoms with Gasteiger partial charge in [-0.1, -0.05) is 50.2 Å². The number of hydrogen-bond acceptors (Lipinski definition) is 6. The molecule has 0 unspecified atom stereocenters. The Morgan fingerprint density at radius 3 is 2.38 bits per heavy atom. The highest BCUT2D eigenvalue weighted by Crippen LogP contribution is 2.27. The number of amides is 2. The van der Waals surface area contributed by atoms with Crippen molar-refractivity contribution in [3.05, 3.63) is 90.3 Å². The van der Waals surface area contributed by atoms with Gasteiger partial charge in [0.05, 0.1) is 17.0 Å². The maximum Gasteiger partial charge on any atom is 0.256 e. The van der Waals surface area contributed by atoms with Crippen LogP contribution in [-0.2, 0) is 10.5 Å². The highest BCUT2D eigenvalue weighted by Gasteiger charge is 2.15. The predicted octanol–water partition coefficient (Wildman–Crippen LogP) is 4.80. The molecular weight excluding hydrogens is 448 g/mol. The van der Waals surface area contributed by atoms with Crippen LogP contribution in [0.2, 0.25) is 0 Å². The minimum atomic E-state index is -0.238. The topological polar surface area (TPSA) is 102 Å². The van der Waals surface area contributed by atoms with Crippen LogP contribution in [-0.4, -0.2) is 32.0 Å². The van der Waals surface area contributed by atoms with Gasteiger partial charge in [-0.05, 0) is 52.9 Å². The van der Waals surface area contributed by atoms with Crippen molar-refractivity contribution in [1.29, 1.82) is 0 Å². The van der Waals surface area contributed by atoms with Crippen LogP contribution in [0.3, 0.4) is 0 Å². The Morgan fingerprint density at radius 1 is 0.912 bits per heavy atom. The molecule has 1 heterocycles. The lowest BCUT2D eigenvalue weighted by Crippen LogP contribution is -2.18. The van der Waals surface area contributed by atoms with Crippen LogP contribution < -0.4 is 10.6 Å². The smallest absolute Gasteiger partial charge is 0.256 e. The maximum absolute atomic E-state index is 13.1. The first kappa shape index (κ1) is 23.2. The fourth-order valence-corrected chi connectivity index (χ4v) is 4.10. The molecule has 0 aliphatic heterocycles. The number of rotatable bonds is 8. The Kier molecular flexibility index (Phi) is 7.34. The standard InChI is InChI=1S/C25H24N6O2S/c1-17(2)24(32)26-18-9-8-10-19(15-18)27-25(33)21-13-6-7-14-22(21)34-16-23-28-29-30-31(23)20-11-4-3-5-12-20/h3-15,17H,16H2,1-2H3,(H,26,32)(H,27,33). The molecule has 2 N–H and O–H groups in total. The molecule has 0 radical (unpaired) electrons. The third-order valence-corrected chi connectivity index (χ3v) is 6.01. The van der Waals surface area contributed by atoms with Gasteiger partial charge < -0.3 is 10.6 Å². The number of para-hydroxylation sites is 1. The number of nitrogens with zero attached hydrogens (tertiary/aromatic N) is 4. The van der Waals surface area contributed by atoms with Gasteiger partial charge in [-0.15, -0.1) is 16.9 Å². The zero-order valence-corrected chi connectivity index (χ0v) is 19.6. The van der Waals surface area contributed by atoms with E-state index >= 15 is 0 Å². The molecule has 0 atom stereocenters. The number of anilines is 2. The molecule has 9 heteroatoms. The van der Waals surface area contributed by atoms with Crippen LogP contribution in [0, 0.1) is 5.92 Å². The second-order valence-corrected chi connectivity index (χ2v) is 8.82. The molecule has 4 rings (SSSR count). The summed E-state index contributed by atoms with van der Waals surface area (Å²) in [6.07, 6.45) is 0. The van der Waals surface area contributed by atoms with Crippen LogP contribution in [0.1, 0.15) is 30.0 Å². The van der Waals surface area contributed by atoms with Crippen molar-refractivity contribution in [3.63, 3.8) is 0 Å². The van der Waals surface area contributed by atoms with Gasteiger partial charge in [0.1, 0.15) is 0 Å². The number of hydrogen-bond donors (Lipinski definition) is 2. The summed E-state index contributed by atoms with van der Waals surface area (Å²) in [6, 6.07) is 24.2. The summed E-state index contributed by atoms with van der Waals surface area (Å²) in [5.74, 6) is 0.717. The molecule has 4 aromatic rings. The Morgan fingerprint density at radius 2 is 1.62 bits per heavy atom. The number of aromatic nitrogens is 4. The average Bonchev–Trinajstić information content (AvgIpc) is 3.32. The fourth-order valence-electron chi connectivity index (χ4n) is 3.15. The Bertz CT molecular complexity index is 1290. The average molecular weight is 473 g/mol. The van der Waals surface area contributed by atoms with Gasteiger partial charge in [0, 0.05) is 22.2 Å². The number of thioether (sulfide) groups is 1.